The highest BCUT2D eigenvalue weighted by Crippen LogP contribution is 2.28. The summed E-state index contributed by atoms with van der Waals surface area (Å²) in [6, 6.07) is 5.10. The molecular formula is C12H13NO4. The summed E-state index contributed by atoms with van der Waals surface area (Å²) in [5.41, 5.74) is 0.831. The standard InChI is InChI=1S/C12H13NO4/c1-9(14)17-11-6-5-10(4-3-7-13-15)8-12(11)16-2/h3-8,15H,1-2H3. The van der Waals surface area contributed by atoms with Gasteiger partial charge in [-0.2, -0.15) is 0 Å². The van der Waals surface area contributed by atoms with Crippen LogP contribution in [0.25, 0.3) is 6.08 Å². The number of carbonyl (C=O) groups is 1. The molecule has 0 amide bonds. The normalized spacial score (nSPS) is 10.9. The number of esters is 1. The van der Waals surface area contributed by atoms with Gasteiger partial charge in [0.2, 0.25) is 0 Å². The highest BCUT2D eigenvalue weighted by molar-refractivity contribution is 5.78. The summed E-state index contributed by atoms with van der Waals surface area (Å²) in [5.74, 6) is 0.426. The predicted molar refractivity (Wildman–Crippen MR) is 63.6 cm³/mol. The molecule has 0 bridgehead atoms. The summed E-state index contributed by atoms with van der Waals surface area (Å²) in [4.78, 5) is 10.8. The Morgan fingerprint density at radius 1 is 1.41 bits per heavy atom. The number of allylic oxidation sites excluding steroid dienone is 1. The van der Waals surface area contributed by atoms with Crippen molar-refractivity contribution in [1.82, 2.24) is 0 Å². The first kappa shape index (κ1) is 12.8. The van der Waals surface area contributed by atoms with E-state index < -0.39 is 5.97 Å². The number of ether oxygens (including phenoxy) is 2. The van der Waals surface area contributed by atoms with E-state index in [-0.39, 0.29) is 0 Å². The fourth-order valence-corrected chi connectivity index (χ4v) is 1.22. The van der Waals surface area contributed by atoms with E-state index in [1.54, 1.807) is 30.4 Å². The third-order valence-corrected chi connectivity index (χ3v) is 1.88. The Balaban J connectivity index is 2.95. The zero-order valence-electron chi connectivity index (χ0n) is 9.58. The molecule has 5 heteroatoms. The van der Waals surface area contributed by atoms with Crippen molar-refractivity contribution in [3.63, 3.8) is 0 Å². The van der Waals surface area contributed by atoms with E-state index in [4.69, 9.17) is 14.7 Å². The van der Waals surface area contributed by atoms with Crippen LogP contribution < -0.4 is 9.47 Å². The number of rotatable bonds is 4. The molecular weight excluding hydrogens is 222 g/mol. The third kappa shape index (κ3) is 3.98. The summed E-state index contributed by atoms with van der Waals surface area (Å²) in [6.07, 6.45) is 4.53. The molecule has 0 atom stereocenters. The van der Waals surface area contributed by atoms with Crippen molar-refractivity contribution in [2.24, 2.45) is 5.16 Å². The van der Waals surface area contributed by atoms with E-state index in [0.717, 1.165) is 5.56 Å². The van der Waals surface area contributed by atoms with Crippen molar-refractivity contribution in [2.45, 2.75) is 6.92 Å². The van der Waals surface area contributed by atoms with E-state index in [1.165, 1.54) is 20.2 Å². The lowest BCUT2D eigenvalue weighted by atomic mass is 10.2. The third-order valence-electron chi connectivity index (χ3n) is 1.88. The Labute approximate surface area is 99.0 Å². The lowest BCUT2D eigenvalue weighted by molar-refractivity contribution is -0.132. The van der Waals surface area contributed by atoms with Crippen LogP contribution in [0.5, 0.6) is 11.5 Å². The summed E-state index contributed by atoms with van der Waals surface area (Å²) >= 11 is 0. The van der Waals surface area contributed by atoms with Crippen molar-refractivity contribution < 1.29 is 19.5 Å². The zero-order valence-corrected chi connectivity index (χ0v) is 9.58. The monoisotopic (exact) mass is 235 g/mol. The van der Waals surface area contributed by atoms with Crippen LogP contribution >= 0.6 is 0 Å². The molecule has 0 aromatic heterocycles. The smallest absolute Gasteiger partial charge is 0.308 e. The Morgan fingerprint density at radius 2 is 2.18 bits per heavy atom. The fourth-order valence-electron chi connectivity index (χ4n) is 1.22. The Bertz CT molecular complexity index is 452. The van der Waals surface area contributed by atoms with Gasteiger partial charge in [-0.3, -0.25) is 4.79 Å². The van der Waals surface area contributed by atoms with Crippen LogP contribution in [0.4, 0.5) is 0 Å². The van der Waals surface area contributed by atoms with Crippen LogP contribution in [0, 0.1) is 0 Å². The van der Waals surface area contributed by atoms with Gasteiger partial charge < -0.3 is 14.7 Å². The first-order valence-electron chi connectivity index (χ1n) is 4.88. The summed E-state index contributed by atoms with van der Waals surface area (Å²) in [5, 5.41) is 11.1. The molecule has 0 aliphatic carbocycles. The second-order valence-corrected chi connectivity index (χ2v) is 3.13. The lowest BCUT2D eigenvalue weighted by Gasteiger charge is -2.08. The molecule has 0 saturated carbocycles. The second-order valence-electron chi connectivity index (χ2n) is 3.13. The van der Waals surface area contributed by atoms with Crippen LogP contribution in [0.15, 0.2) is 29.4 Å². The van der Waals surface area contributed by atoms with Crippen molar-refractivity contribution >= 4 is 18.3 Å². The Kier molecular flexibility index (Phi) is 4.75. The minimum absolute atomic E-state index is 0.368. The summed E-state index contributed by atoms with van der Waals surface area (Å²) in [6.45, 7) is 1.32. The molecule has 1 aromatic carbocycles. The van der Waals surface area contributed by atoms with E-state index in [0.29, 0.717) is 11.5 Å². The van der Waals surface area contributed by atoms with Crippen LogP contribution in [0.2, 0.25) is 0 Å². The maximum atomic E-state index is 10.8. The summed E-state index contributed by atoms with van der Waals surface area (Å²) < 4.78 is 10.1. The molecule has 0 aliphatic rings. The first-order chi connectivity index (χ1) is 8.17. The molecule has 90 valence electrons. The molecule has 0 fully saturated rings. The van der Waals surface area contributed by atoms with Gasteiger partial charge in [0.05, 0.1) is 13.3 Å². The van der Waals surface area contributed by atoms with Crippen LogP contribution in [-0.4, -0.2) is 24.5 Å². The topological polar surface area (TPSA) is 68.1 Å². The van der Waals surface area contributed by atoms with Crippen molar-refractivity contribution in [1.29, 1.82) is 0 Å². The van der Waals surface area contributed by atoms with E-state index >= 15 is 0 Å². The van der Waals surface area contributed by atoms with Gasteiger partial charge in [0.1, 0.15) is 0 Å². The zero-order chi connectivity index (χ0) is 12.7. The predicted octanol–water partition coefficient (Wildman–Crippen LogP) is 2.09. The highest BCUT2D eigenvalue weighted by atomic mass is 16.6. The minimum Gasteiger partial charge on any atom is -0.493 e. The van der Waals surface area contributed by atoms with Gasteiger partial charge in [0, 0.05) is 6.92 Å². The molecule has 0 spiro atoms. The molecule has 1 N–H and O–H groups in total. The van der Waals surface area contributed by atoms with Gasteiger partial charge in [-0.15, -0.1) is 0 Å². The quantitative estimate of drug-likeness (QED) is 0.285. The molecule has 0 heterocycles. The fraction of sp³-hybridized carbons (Fsp3) is 0.167. The lowest BCUT2D eigenvalue weighted by Crippen LogP contribution is -2.02. The second kappa shape index (κ2) is 6.32. The van der Waals surface area contributed by atoms with Crippen molar-refractivity contribution in [3.05, 3.63) is 29.8 Å². The van der Waals surface area contributed by atoms with Gasteiger partial charge in [-0.25, -0.2) is 0 Å². The molecule has 0 radical (unpaired) electrons. The Hall–Kier alpha value is -2.30. The Morgan fingerprint density at radius 3 is 2.76 bits per heavy atom. The van der Waals surface area contributed by atoms with Crippen molar-refractivity contribution in [2.75, 3.05) is 7.11 Å². The maximum Gasteiger partial charge on any atom is 0.308 e. The number of hydrogen-bond donors (Lipinski definition) is 1. The van der Waals surface area contributed by atoms with Gasteiger partial charge in [-0.05, 0) is 23.8 Å². The van der Waals surface area contributed by atoms with Gasteiger partial charge >= 0.3 is 5.97 Å². The van der Waals surface area contributed by atoms with Gasteiger partial charge in [0.25, 0.3) is 0 Å². The average Bonchev–Trinajstić information content (AvgIpc) is 2.30. The van der Waals surface area contributed by atoms with E-state index in [9.17, 15) is 4.79 Å². The molecule has 1 aromatic rings. The number of oxime groups is 1. The minimum atomic E-state index is -0.404. The van der Waals surface area contributed by atoms with Crippen LogP contribution in [0.3, 0.4) is 0 Å². The van der Waals surface area contributed by atoms with Gasteiger partial charge in [-0.1, -0.05) is 17.3 Å². The number of benzene rings is 1. The molecule has 5 nitrogen and oxygen atoms in total. The molecule has 0 unspecified atom stereocenters. The SMILES string of the molecule is COc1cc(C=CC=NO)ccc1OC(C)=O. The first-order valence-corrected chi connectivity index (χ1v) is 4.88. The molecule has 0 aliphatic heterocycles. The number of carbonyl (C=O) groups excluding carboxylic acids is 1. The van der Waals surface area contributed by atoms with E-state index in [2.05, 4.69) is 5.16 Å². The van der Waals surface area contributed by atoms with Crippen LogP contribution in [0.1, 0.15) is 12.5 Å². The largest absolute Gasteiger partial charge is 0.493 e. The number of nitrogens with zero attached hydrogens (tertiary/aromatic N) is 1. The summed E-state index contributed by atoms with van der Waals surface area (Å²) in [7, 11) is 1.49. The van der Waals surface area contributed by atoms with Crippen LogP contribution in [-0.2, 0) is 4.79 Å². The molecule has 0 saturated heterocycles. The molecule has 17 heavy (non-hydrogen) atoms. The maximum absolute atomic E-state index is 10.8. The highest BCUT2D eigenvalue weighted by Gasteiger charge is 2.06. The van der Waals surface area contributed by atoms with Crippen molar-refractivity contribution in [3.8, 4) is 11.5 Å². The number of hydrogen-bond acceptors (Lipinski definition) is 5. The molecule has 1 rings (SSSR count). The number of methoxy groups -OCH3 is 1. The average molecular weight is 235 g/mol. The van der Waals surface area contributed by atoms with Gasteiger partial charge in [0.15, 0.2) is 11.5 Å². The van der Waals surface area contributed by atoms with E-state index in [1.807, 2.05) is 0 Å².